The first-order chi connectivity index (χ1) is 14.5. The highest BCUT2D eigenvalue weighted by Gasteiger charge is 2.24. The average Bonchev–Trinajstić information content (AvgIpc) is 2.76. The van der Waals surface area contributed by atoms with E-state index in [9.17, 15) is 4.79 Å². The van der Waals surface area contributed by atoms with Gasteiger partial charge >= 0.3 is 0 Å². The summed E-state index contributed by atoms with van der Waals surface area (Å²) in [6, 6.07) is 8.16. The molecule has 1 saturated heterocycles. The van der Waals surface area contributed by atoms with Crippen LogP contribution in [0.5, 0.6) is 5.75 Å². The van der Waals surface area contributed by atoms with Gasteiger partial charge in [0.25, 0.3) is 0 Å². The summed E-state index contributed by atoms with van der Waals surface area (Å²) in [5.74, 6) is 2.94. The second-order valence-electron chi connectivity index (χ2n) is 8.01. The molecule has 1 aromatic heterocycles. The lowest BCUT2D eigenvalue weighted by Gasteiger charge is -2.36. The van der Waals surface area contributed by atoms with E-state index in [0.717, 1.165) is 80.5 Å². The smallest absolute Gasteiger partial charge is 0.222 e. The number of unbranched alkanes of at least 4 members (excludes halogenated alkanes) is 2. The molecule has 1 amide bonds. The largest absolute Gasteiger partial charge is 0.497 e. The van der Waals surface area contributed by atoms with Gasteiger partial charge in [0, 0.05) is 50.3 Å². The van der Waals surface area contributed by atoms with E-state index in [1.807, 2.05) is 24.0 Å². The SMILES string of the molecule is CCCCCC(=O)N1CCN(c2nc(C)nc(C)c2Cc2ccc(OC)cc2)CC1. The monoisotopic (exact) mass is 410 g/mol. The molecule has 0 N–H and O–H groups in total. The quantitative estimate of drug-likeness (QED) is 0.618. The molecule has 3 rings (SSSR count). The van der Waals surface area contributed by atoms with Gasteiger partial charge in [-0.3, -0.25) is 4.79 Å². The van der Waals surface area contributed by atoms with Crippen molar-refractivity contribution in [1.82, 2.24) is 14.9 Å². The van der Waals surface area contributed by atoms with Crippen LogP contribution in [-0.2, 0) is 11.2 Å². The second-order valence-corrected chi connectivity index (χ2v) is 8.01. The number of anilines is 1. The molecule has 0 atom stereocenters. The second kappa shape index (κ2) is 10.4. The Morgan fingerprint density at radius 2 is 1.73 bits per heavy atom. The van der Waals surface area contributed by atoms with E-state index in [1.165, 1.54) is 5.56 Å². The number of ether oxygens (including phenoxy) is 1. The third kappa shape index (κ3) is 5.49. The Balaban J connectivity index is 1.72. The minimum absolute atomic E-state index is 0.289. The zero-order valence-corrected chi connectivity index (χ0v) is 18.8. The topological polar surface area (TPSA) is 58.6 Å². The number of benzene rings is 1. The third-order valence-corrected chi connectivity index (χ3v) is 5.77. The van der Waals surface area contributed by atoms with Crippen LogP contribution >= 0.6 is 0 Å². The molecule has 2 aromatic rings. The van der Waals surface area contributed by atoms with Gasteiger partial charge in [-0.05, 0) is 38.0 Å². The van der Waals surface area contributed by atoms with Gasteiger partial charge < -0.3 is 14.5 Å². The van der Waals surface area contributed by atoms with Gasteiger partial charge in [0.2, 0.25) is 5.91 Å². The molecule has 0 unspecified atom stereocenters. The molecule has 0 spiro atoms. The van der Waals surface area contributed by atoms with E-state index < -0.39 is 0 Å². The van der Waals surface area contributed by atoms with Crippen molar-refractivity contribution in [3.63, 3.8) is 0 Å². The van der Waals surface area contributed by atoms with Crippen molar-refractivity contribution in [3.8, 4) is 5.75 Å². The predicted octanol–water partition coefficient (Wildman–Crippen LogP) is 3.92. The Hall–Kier alpha value is -2.63. The molecule has 2 heterocycles. The predicted molar refractivity (Wildman–Crippen MR) is 120 cm³/mol. The number of methoxy groups -OCH3 is 1. The maximum atomic E-state index is 12.5. The van der Waals surface area contributed by atoms with Crippen LogP contribution in [0.1, 0.15) is 55.3 Å². The average molecular weight is 411 g/mol. The summed E-state index contributed by atoms with van der Waals surface area (Å²) in [5, 5.41) is 0. The maximum Gasteiger partial charge on any atom is 0.222 e. The van der Waals surface area contributed by atoms with Crippen molar-refractivity contribution in [2.24, 2.45) is 0 Å². The number of rotatable bonds is 8. The lowest BCUT2D eigenvalue weighted by Crippen LogP contribution is -2.49. The molecule has 1 aliphatic heterocycles. The highest BCUT2D eigenvalue weighted by atomic mass is 16.5. The first-order valence-electron chi connectivity index (χ1n) is 11.0. The lowest BCUT2D eigenvalue weighted by atomic mass is 10.0. The van der Waals surface area contributed by atoms with Crippen molar-refractivity contribution in [3.05, 3.63) is 46.9 Å². The van der Waals surface area contributed by atoms with Gasteiger partial charge in [0.05, 0.1) is 7.11 Å². The molecular formula is C24H34N4O2. The number of aromatic nitrogens is 2. The van der Waals surface area contributed by atoms with Crippen molar-refractivity contribution < 1.29 is 9.53 Å². The van der Waals surface area contributed by atoms with E-state index in [1.54, 1.807) is 7.11 Å². The van der Waals surface area contributed by atoms with Crippen LogP contribution < -0.4 is 9.64 Å². The Morgan fingerprint density at radius 1 is 1.03 bits per heavy atom. The fourth-order valence-electron chi connectivity index (χ4n) is 3.99. The van der Waals surface area contributed by atoms with E-state index in [2.05, 4.69) is 35.9 Å². The molecule has 0 radical (unpaired) electrons. The number of nitrogens with zero attached hydrogens (tertiary/aromatic N) is 4. The molecular weight excluding hydrogens is 376 g/mol. The number of amides is 1. The van der Waals surface area contributed by atoms with Gasteiger partial charge in [0.15, 0.2) is 0 Å². The van der Waals surface area contributed by atoms with E-state index in [-0.39, 0.29) is 5.91 Å². The third-order valence-electron chi connectivity index (χ3n) is 5.77. The van der Waals surface area contributed by atoms with Crippen LogP contribution in [-0.4, -0.2) is 54.1 Å². The van der Waals surface area contributed by atoms with Crippen molar-refractivity contribution in [1.29, 1.82) is 0 Å². The maximum absolute atomic E-state index is 12.5. The molecule has 162 valence electrons. The van der Waals surface area contributed by atoms with E-state index >= 15 is 0 Å². The van der Waals surface area contributed by atoms with Gasteiger partial charge in [0.1, 0.15) is 17.4 Å². The summed E-state index contributed by atoms with van der Waals surface area (Å²) >= 11 is 0. The molecule has 0 bridgehead atoms. The van der Waals surface area contributed by atoms with Crippen molar-refractivity contribution >= 4 is 11.7 Å². The van der Waals surface area contributed by atoms with Gasteiger partial charge in [-0.2, -0.15) is 0 Å². The summed E-state index contributed by atoms with van der Waals surface area (Å²) in [6.45, 7) is 9.31. The molecule has 1 aliphatic rings. The number of aryl methyl sites for hydroxylation is 2. The number of hydrogen-bond donors (Lipinski definition) is 0. The summed E-state index contributed by atoms with van der Waals surface area (Å²) in [5.41, 5.74) is 3.39. The van der Waals surface area contributed by atoms with Crippen molar-refractivity contribution in [2.45, 2.75) is 52.9 Å². The van der Waals surface area contributed by atoms with E-state index in [4.69, 9.17) is 9.72 Å². The minimum Gasteiger partial charge on any atom is -0.497 e. The molecule has 6 heteroatoms. The Kier molecular flexibility index (Phi) is 7.66. The molecule has 1 aromatic carbocycles. The summed E-state index contributed by atoms with van der Waals surface area (Å²) in [7, 11) is 1.68. The van der Waals surface area contributed by atoms with Crippen molar-refractivity contribution in [2.75, 3.05) is 38.2 Å². The first kappa shape index (κ1) is 22.1. The number of carbonyl (C=O) groups excluding carboxylic acids is 1. The fraction of sp³-hybridized carbons (Fsp3) is 0.542. The molecule has 0 aliphatic carbocycles. The number of hydrogen-bond acceptors (Lipinski definition) is 5. The molecule has 6 nitrogen and oxygen atoms in total. The minimum atomic E-state index is 0.289. The Labute approximate surface area is 180 Å². The first-order valence-corrected chi connectivity index (χ1v) is 11.0. The van der Waals surface area contributed by atoms with Gasteiger partial charge in [-0.25, -0.2) is 9.97 Å². The molecule has 30 heavy (non-hydrogen) atoms. The lowest BCUT2D eigenvalue weighted by molar-refractivity contribution is -0.131. The van der Waals surface area contributed by atoms with Crippen LogP contribution in [0.2, 0.25) is 0 Å². The van der Waals surface area contributed by atoms with Crippen LogP contribution in [0.25, 0.3) is 0 Å². The Morgan fingerprint density at radius 3 is 2.37 bits per heavy atom. The standard InChI is InChI=1S/C24H34N4O2/c1-5-6-7-8-23(29)27-13-15-28(16-14-27)24-22(18(2)25-19(3)26-24)17-20-9-11-21(30-4)12-10-20/h9-12H,5-8,13-17H2,1-4H3. The van der Waals surface area contributed by atoms with Crippen LogP contribution in [0.15, 0.2) is 24.3 Å². The summed E-state index contributed by atoms with van der Waals surface area (Å²) in [6.07, 6.45) is 4.71. The zero-order chi connectivity index (χ0) is 21.5. The highest BCUT2D eigenvalue weighted by molar-refractivity contribution is 5.76. The van der Waals surface area contributed by atoms with Gasteiger partial charge in [-0.15, -0.1) is 0 Å². The number of carbonyl (C=O) groups is 1. The van der Waals surface area contributed by atoms with Gasteiger partial charge in [-0.1, -0.05) is 31.9 Å². The molecule has 0 saturated carbocycles. The highest BCUT2D eigenvalue weighted by Crippen LogP contribution is 2.26. The van der Waals surface area contributed by atoms with Crippen LogP contribution in [0, 0.1) is 13.8 Å². The van der Waals surface area contributed by atoms with Crippen LogP contribution in [0.4, 0.5) is 5.82 Å². The molecule has 1 fully saturated rings. The normalized spacial score (nSPS) is 14.1. The summed E-state index contributed by atoms with van der Waals surface area (Å²) < 4.78 is 5.27. The van der Waals surface area contributed by atoms with E-state index in [0.29, 0.717) is 6.42 Å². The fourth-order valence-corrected chi connectivity index (χ4v) is 3.99. The Bertz CT molecular complexity index is 843. The zero-order valence-electron chi connectivity index (χ0n) is 18.8. The number of piperazine rings is 1. The summed E-state index contributed by atoms with van der Waals surface area (Å²) in [4.78, 5) is 26.2. The van der Waals surface area contributed by atoms with Crippen LogP contribution in [0.3, 0.4) is 0 Å².